The number of carboxylic acids is 1. The maximum absolute atomic E-state index is 13.3. The van der Waals surface area contributed by atoms with Crippen LogP contribution >= 0.6 is 12.2 Å². The first kappa shape index (κ1) is 25.1. The maximum Gasteiger partial charge on any atom is 0.335 e. The maximum atomic E-state index is 13.3. The first-order chi connectivity index (χ1) is 15.6. The molecule has 2 amide bonds. The third kappa shape index (κ3) is 4.87. The van der Waals surface area contributed by atoms with Crippen LogP contribution in [0.4, 0.5) is 5.69 Å². The van der Waals surface area contributed by atoms with Crippen LogP contribution in [0.2, 0.25) is 0 Å². The van der Waals surface area contributed by atoms with Gasteiger partial charge in [-0.05, 0) is 71.1 Å². The van der Waals surface area contributed by atoms with Crippen molar-refractivity contribution >= 4 is 46.9 Å². The number of hydrogen-bond donors (Lipinski definition) is 3. The Hall–Kier alpha value is -3.52. The van der Waals surface area contributed by atoms with Crippen molar-refractivity contribution in [1.82, 2.24) is 5.32 Å². The fourth-order valence-electron chi connectivity index (χ4n) is 3.70. The molecule has 8 heteroatoms. The number of phenols is 1. The lowest BCUT2D eigenvalue weighted by Crippen LogP contribution is -2.54. The van der Waals surface area contributed by atoms with E-state index in [2.05, 4.69) is 5.32 Å². The number of nitrogens with one attached hydrogen (secondary N) is 1. The van der Waals surface area contributed by atoms with E-state index < -0.39 is 17.8 Å². The summed E-state index contributed by atoms with van der Waals surface area (Å²) in [6.07, 6.45) is 1.49. The second-order valence-corrected chi connectivity index (χ2v) is 10.7. The number of nitrogens with zero attached hydrogens (tertiary/aromatic N) is 1. The van der Waals surface area contributed by atoms with Gasteiger partial charge in [0.15, 0.2) is 5.11 Å². The number of hydrogen-bond acceptors (Lipinski definition) is 5. The number of rotatable bonds is 3. The van der Waals surface area contributed by atoms with Crippen LogP contribution in [0.15, 0.2) is 42.0 Å². The highest BCUT2D eigenvalue weighted by molar-refractivity contribution is 7.80. The predicted octanol–water partition coefficient (Wildman–Crippen LogP) is 4.52. The van der Waals surface area contributed by atoms with E-state index in [-0.39, 0.29) is 32.8 Å². The van der Waals surface area contributed by atoms with E-state index in [1.165, 1.54) is 30.3 Å². The molecule has 1 saturated heterocycles. The van der Waals surface area contributed by atoms with E-state index in [1.54, 1.807) is 12.1 Å². The van der Waals surface area contributed by atoms with Gasteiger partial charge in [0.05, 0.1) is 11.3 Å². The Balaban J connectivity index is 2.13. The Morgan fingerprint density at radius 1 is 0.971 bits per heavy atom. The van der Waals surface area contributed by atoms with Crippen LogP contribution in [0.1, 0.15) is 68.6 Å². The molecule has 0 bridgehead atoms. The summed E-state index contributed by atoms with van der Waals surface area (Å²) in [5.41, 5.74) is 1.52. The number of carbonyl (C=O) groups is 3. The summed E-state index contributed by atoms with van der Waals surface area (Å²) in [5, 5.41) is 22.5. The summed E-state index contributed by atoms with van der Waals surface area (Å²) in [6.45, 7) is 11.9. The number of carboxylic acid groups (broad SMARTS) is 1. The first-order valence-electron chi connectivity index (χ1n) is 10.7. The molecule has 178 valence electrons. The van der Waals surface area contributed by atoms with Gasteiger partial charge in [0.25, 0.3) is 11.8 Å². The molecule has 2 aromatic carbocycles. The topological polar surface area (TPSA) is 107 Å². The molecule has 0 aliphatic carbocycles. The zero-order valence-electron chi connectivity index (χ0n) is 20.0. The number of aromatic carboxylic acids is 1. The van der Waals surface area contributed by atoms with E-state index >= 15 is 0 Å². The quantitative estimate of drug-likeness (QED) is 0.339. The fourth-order valence-corrected chi connectivity index (χ4v) is 3.98. The fraction of sp³-hybridized carbons (Fsp3) is 0.308. The van der Waals surface area contributed by atoms with Crippen LogP contribution in [0.3, 0.4) is 0 Å². The minimum absolute atomic E-state index is 0.0624. The molecule has 0 atom stereocenters. The molecule has 7 nitrogen and oxygen atoms in total. The van der Waals surface area contributed by atoms with Crippen LogP contribution in [-0.2, 0) is 20.4 Å². The van der Waals surface area contributed by atoms with Gasteiger partial charge in [0.1, 0.15) is 11.3 Å². The summed E-state index contributed by atoms with van der Waals surface area (Å²) in [6, 6.07) is 9.18. The normalized spacial score (nSPS) is 16.1. The molecular weight excluding hydrogens is 452 g/mol. The standard InChI is InChI=1S/C26H28N2O5S/c1-25(2,3)18-12-14(13-19(20(18)29)26(4,5)6)11-17-21(30)27-24(34)28(22(17)31)16-9-7-15(8-10-16)23(32)33/h7-13,29H,1-6H3,(H,32,33)(H,27,30,34)/b17-11+. The Kier molecular flexibility index (Phi) is 6.41. The second kappa shape index (κ2) is 8.68. The predicted molar refractivity (Wildman–Crippen MR) is 135 cm³/mol. The van der Waals surface area contributed by atoms with E-state index in [0.29, 0.717) is 22.4 Å². The minimum Gasteiger partial charge on any atom is -0.507 e. The molecule has 0 unspecified atom stereocenters. The summed E-state index contributed by atoms with van der Waals surface area (Å²) < 4.78 is 0. The molecule has 1 aliphatic heterocycles. The zero-order valence-corrected chi connectivity index (χ0v) is 20.8. The molecule has 34 heavy (non-hydrogen) atoms. The molecule has 3 N–H and O–H groups in total. The summed E-state index contributed by atoms with van der Waals surface area (Å²) in [7, 11) is 0. The van der Waals surface area contributed by atoms with Crippen molar-refractivity contribution in [2.24, 2.45) is 0 Å². The van der Waals surface area contributed by atoms with Gasteiger partial charge in [-0.2, -0.15) is 0 Å². The lowest BCUT2D eigenvalue weighted by atomic mass is 9.78. The number of benzene rings is 2. The van der Waals surface area contributed by atoms with E-state index in [0.717, 1.165) is 4.90 Å². The third-order valence-corrected chi connectivity index (χ3v) is 5.82. The highest BCUT2D eigenvalue weighted by Gasteiger charge is 2.35. The number of amides is 2. The van der Waals surface area contributed by atoms with Crippen LogP contribution < -0.4 is 10.2 Å². The number of aromatic hydroxyl groups is 1. The molecule has 3 rings (SSSR count). The van der Waals surface area contributed by atoms with Crippen LogP contribution in [0.25, 0.3) is 6.08 Å². The van der Waals surface area contributed by atoms with Crippen molar-refractivity contribution in [3.05, 3.63) is 64.2 Å². The Morgan fingerprint density at radius 3 is 1.91 bits per heavy atom. The second-order valence-electron chi connectivity index (χ2n) is 10.3. The largest absolute Gasteiger partial charge is 0.507 e. The molecule has 1 aliphatic rings. The van der Waals surface area contributed by atoms with Crippen molar-refractivity contribution in [2.75, 3.05) is 4.90 Å². The average molecular weight is 481 g/mol. The third-order valence-electron chi connectivity index (χ3n) is 5.53. The summed E-state index contributed by atoms with van der Waals surface area (Å²) in [5.74, 6) is -2.15. The van der Waals surface area contributed by atoms with E-state index in [4.69, 9.17) is 17.3 Å². The molecule has 0 radical (unpaired) electrons. The number of anilines is 1. The lowest BCUT2D eigenvalue weighted by molar-refractivity contribution is -0.122. The highest BCUT2D eigenvalue weighted by Crippen LogP contribution is 2.40. The minimum atomic E-state index is -1.09. The first-order valence-corrected chi connectivity index (χ1v) is 11.1. The lowest BCUT2D eigenvalue weighted by Gasteiger charge is -2.30. The monoisotopic (exact) mass is 480 g/mol. The van der Waals surface area contributed by atoms with Gasteiger partial charge in [0.2, 0.25) is 0 Å². The van der Waals surface area contributed by atoms with Gasteiger partial charge >= 0.3 is 5.97 Å². The molecule has 1 heterocycles. The van der Waals surface area contributed by atoms with Crippen molar-refractivity contribution in [3.63, 3.8) is 0 Å². The Labute approximate surface area is 204 Å². The van der Waals surface area contributed by atoms with Crippen molar-refractivity contribution < 1.29 is 24.6 Å². The number of carbonyl (C=O) groups excluding carboxylic acids is 2. The van der Waals surface area contributed by atoms with E-state index in [9.17, 15) is 19.5 Å². The van der Waals surface area contributed by atoms with Gasteiger partial charge in [-0.15, -0.1) is 0 Å². The molecule has 0 saturated carbocycles. The van der Waals surface area contributed by atoms with Gasteiger partial charge in [0, 0.05) is 11.1 Å². The number of thiocarbonyl (C=S) groups is 1. The summed E-state index contributed by atoms with van der Waals surface area (Å²) >= 11 is 5.22. The van der Waals surface area contributed by atoms with E-state index in [1.807, 2.05) is 41.5 Å². The molecule has 0 aromatic heterocycles. The van der Waals surface area contributed by atoms with Gasteiger partial charge in [-0.3, -0.25) is 19.8 Å². The molecule has 2 aromatic rings. The Morgan fingerprint density at radius 2 is 1.47 bits per heavy atom. The Bertz CT molecular complexity index is 1200. The average Bonchev–Trinajstić information content (AvgIpc) is 2.70. The number of phenolic OH excluding ortho intramolecular Hbond substituents is 1. The van der Waals surface area contributed by atoms with Crippen molar-refractivity contribution in [3.8, 4) is 5.75 Å². The van der Waals surface area contributed by atoms with Gasteiger partial charge < -0.3 is 10.2 Å². The van der Waals surface area contributed by atoms with Crippen LogP contribution in [0, 0.1) is 0 Å². The zero-order chi connectivity index (χ0) is 25.6. The molecular formula is C26H28N2O5S. The van der Waals surface area contributed by atoms with Crippen molar-refractivity contribution in [2.45, 2.75) is 52.4 Å². The van der Waals surface area contributed by atoms with Crippen LogP contribution in [-0.4, -0.2) is 33.1 Å². The molecule has 0 spiro atoms. The van der Waals surface area contributed by atoms with Crippen molar-refractivity contribution in [1.29, 1.82) is 0 Å². The van der Waals surface area contributed by atoms with Crippen LogP contribution in [0.5, 0.6) is 5.75 Å². The summed E-state index contributed by atoms with van der Waals surface area (Å²) in [4.78, 5) is 38.4. The van der Waals surface area contributed by atoms with Gasteiger partial charge in [-0.25, -0.2) is 4.79 Å². The van der Waals surface area contributed by atoms with Gasteiger partial charge in [-0.1, -0.05) is 41.5 Å². The smallest absolute Gasteiger partial charge is 0.335 e. The highest BCUT2D eigenvalue weighted by atomic mass is 32.1. The SMILES string of the molecule is CC(C)(C)c1cc(/C=C2\C(=O)NC(=S)N(c3ccc(C(=O)O)cc3)C2=O)cc(C(C)(C)C)c1O. The molecule has 1 fully saturated rings.